The largest absolute Gasteiger partial charge is 0.480 e. The van der Waals surface area contributed by atoms with Crippen molar-refractivity contribution in [2.45, 2.75) is 26.3 Å². The zero-order chi connectivity index (χ0) is 19.0. The zero-order valence-corrected chi connectivity index (χ0v) is 14.0. The Labute approximate surface area is 145 Å². The number of urea groups is 1. The van der Waals surface area contributed by atoms with Gasteiger partial charge in [-0.1, -0.05) is 13.8 Å². The van der Waals surface area contributed by atoms with Crippen LogP contribution in [0.2, 0.25) is 0 Å². The molecule has 136 valence electrons. The summed E-state index contributed by atoms with van der Waals surface area (Å²) in [5.74, 6) is -2.11. The van der Waals surface area contributed by atoms with Crippen LogP contribution in [0.3, 0.4) is 0 Å². The highest BCUT2D eigenvalue weighted by molar-refractivity contribution is 5.97. The molecule has 25 heavy (non-hydrogen) atoms. The third-order valence-electron chi connectivity index (χ3n) is 3.16. The summed E-state index contributed by atoms with van der Waals surface area (Å²) >= 11 is 0. The molecule has 0 bridgehead atoms. The van der Waals surface area contributed by atoms with Crippen molar-refractivity contribution in [3.05, 3.63) is 29.8 Å². The van der Waals surface area contributed by atoms with E-state index in [0.29, 0.717) is 12.1 Å². The van der Waals surface area contributed by atoms with Gasteiger partial charge in [-0.25, -0.2) is 9.59 Å². The smallest absolute Gasteiger partial charge is 0.326 e. The molecule has 0 aliphatic rings. The predicted octanol–water partition coefficient (Wildman–Crippen LogP) is 0.523. The van der Waals surface area contributed by atoms with E-state index in [1.807, 2.05) is 13.8 Å². The van der Waals surface area contributed by atoms with E-state index in [-0.39, 0.29) is 18.0 Å². The minimum absolute atomic E-state index is 0.100. The van der Waals surface area contributed by atoms with Gasteiger partial charge in [0.15, 0.2) is 0 Å². The number of amides is 4. The van der Waals surface area contributed by atoms with Crippen LogP contribution < -0.4 is 21.7 Å². The highest BCUT2D eigenvalue weighted by atomic mass is 16.4. The van der Waals surface area contributed by atoms with Crippen molar-refractivity contribution in [2.24, 2.45) is 11.7 Å². The van der Waals surface area contributed by atoms with E-state index in [9.17, 15) is 19.2 Å². The SMILES string of the molecule is CC(C)C[C@H](NC(=O)CNC(=O)c1ccc(NC(N)=O)cc1)C(=O)O. The molecular weight excluding hydrogens is 328 g/mol. The summed E-state index contributed by atoms with van der Waals surface area (Å²) in [5, 5.41) is 16.2. The quantitative estimate of drug-likeness (QED) is 0.463. The Kier molecular flexibility index (Phi) is 7.39. The molecule has 9 heteroatoms. The Balaban J connectivity index is 2.53. The highest BCUT2D eigenvalue weighted by Crippen LogP contribution is 2.09. The van der Waals surface area contributed by atoms with Crippen molar-refractivity contribution in [1.82, 2.24) is 10.6 Å². The summed E-state index contributed by atoms with van der Waals surface area (Å²) in [7, 11) is 0. The number of hydrogen-bond acceptors (Lipinski definition) is 4. The number of anilines is 1. The third kappa shape index (κ3) is 7.34. The Morgan fingerprint density at radius 2 is 1.72 bits per heavy atom. The molecule has 0 fully saturated rings. The number of rotatable bonds is 8. The van der Waals surface area contributed by atoms with Crippen molar-refractivity contribution in [1.29, 1.82) is 0 Å². The first-order valence-electron chi connectivity index (χ1n) is 7.66. The van der Waals surface area contributed by atoms with Crippen molar-refractivity contribution in [3.63, 3.8) is 0 Å². The van der Waals surface area contributed by atoms with Gasteiger partial charge in [-0.15, -0.1) is 0 Å². The fourth-order valence-corrected chi connectivity index (χ4v) is 2.05. The van der Waals surface area contributed by atoms with Crippen LogP contribution in [-0.4, -0.2) is 41.5 Å². The van der Waals surface area contributed by atoms with E-state index in [0.717, 1.165) is 0 Å². The Morgan fingerprint density at radius 3 is 2.20 bits per heavy atom. The monoisotopic (exact) mass is 350 g/mol. The molecule has 0 radical (unpaired) electrons. The number of benzene rings is 1. The maximum absolute atomic E-state index is 12.0. The highest BCUT2D eigenvalue weighted by Gasteiger charge is 2.21. The molecule has 0 saturated heterocycles. The summed E-state index contributed by atoms with van der Waals surface area (Å²) in [6, 6.07) is 4.17. The first-order chi connectivity index (χ1) is 11.7. The molecule has 0 spiro atoms. The van der Waals surface area contributed by atoms with Gasteiger partial charge in [-0.2, -0.15) is 0 Å². The number of aliphatic carboxylic acids is 1. The number of nitrogens with one attached hydrogen (secondary N) is 3. The second kappa shape index (κ2) is 9.26. The van der Waals surface area contributed by atoms with Gasteiger partial charge in [0.2, 0.25) is 5.91 Å². The van der Waals surface area contributed by atoms with Crippen molar-refractivity contribution in [3.8, 4) is 0 Å². The van der Waals surface area contributed by atoms with Crippen LogP contribution in [0, 0.1) is 5.92 Å². The molecule has 0 aliphatic carbocycles. The first-order valence-corrected chi connectivity index (χ1v) is 7.66. The number of carbonyl (C=O) groups is 4. The molecule has 0 aliphatic heterocycles. The molecule has 1 aromatic carbocycles. The maximum atomic E-state index is 12.0. The van der Waals surface area contributed by atoms with Crippen molar-refractivity contribution >= 4 is 29.5 Å². The number of carboxylic acids is 1. The minimum Gasteiger partial charge on any atom is -0.480 e. The molecule has 1 aromatic rings. The fourth-order valence-electron chi connectivity index (χ4n) is 2.05. The van der Waals surface area contributed by atoms with E-state index in [1.54, 1.807) is 0 Å². The number of carbonyl (C=O) groups excluding carboxylic acids is 3. The molecule has 0 aromatic heterocycles. The van der Waals surface area contributed by atoms with Crippen molar-refractivity contribution < 1.29 is 24.3 Å². The van der Waals surface area contributed by atoms with Crippen molar-refractivity contribution in [2.75, 3.05) is 11.9 Å². The van der Waals surface area contributed by atoms with E-state index in [4.69, 9.17) is 10.8 Å². The molecule has 1 atom stereocenters. The summed E-state index contributed by atoms with van der Waals surface area (Å²) in [4.78, 5) is 45.6. The van der Waals surface area contributed by atoms with Crippen LogP contribution in [0.4, 0.5) is 10.5 Å². The van der Waals surface area contributed by atoms with Crippen LogP contribution in [-0.2, 0) is 9.59 Å². The van der Waals surface area contributed by atoms with Crippen LogP contribution in [0.5, 0.6) is 0 Å². The molecule has 0 heterocycles. The van der Waals surface area contributed by atoms with Gasteiger partial charge in [0, 0.05) is 11.3 Å². The number of nitrogens with two attached hydrogens (primary N) is 1. The topological polar surface area (TPSA) is 151 Å². The molecule has 0 saturated carbocycles. The first kappa shape index (κ1) is 19.9. The van der Waals surface area contributed by atoms with Crippen LogP contribution in [0.1, 0.15) is 30.6 Å². The van der Waals surface area contributed by atoms with Gasteiger partial charge in [-0.3, -0.25) is 9.59 Å². The molecule has 0 unspecified atom stereocenters. The normalized spacial score (nSPS) is 11.5. The van der Waals surface area contributed by atoms with Gasteiger partial charge >= 0.3 is 12.0 Å². The second-order valence-electron chi connectivity index (χ2n) is 5.84. The van der Waals surface area contributed by atoms with E-state index in [2.05, 4.69) is 16.0 Å². The Hall–Kier alpha value is -3.10. The van der Waals surface area contributed by atoms with Crippen LogP contribution in [0.15, 0.2) is 24.3 Å². The lowest BCUT2D eigenvalue weighted by atomic mass is 10.0. The van der Waals surface area contributed by atoms with Gasteiger partial charge in [0.05, 0.1) is 6.54 Å². The fraction of sp³-hybridized carbons (Fsp3) is 0.375. The van der Waals surface area contributed by atoms with Crippen LogP contribution >= 0.6 is 0 Å². The lowest BCUT2D eigenvalue weighted by molar-refractivity contribution is -0.142. The summed E-state index contributed by atoms with van der Waals surface area (Å²) in [6.45, 7) is 3.35. The summed E-state index contributed by atoms with van der Waals surface area (Å²) in [5.41, 5.74) is 5.69. The standard InChI is InChI=1S/C16H22N4O5/c1-9(2)7-12(15(23)24)20-13(21)8-18-14(22)10-3-5-11(6-4-10)19-16(17)25/h3-6,9,12H,7-8H2,1-2H3,(H,18,22)(H,20,21)(H,23,24)(H3,17,19,25)/t12-/m0/s1. The van der Waals surface area contributed by atoms with Gasteiger partial charge in [0.1, 0.15) is 6.04 Å². The van der Waals surface area contributed by atoms with E-state index >= 15 is 0 Å². The second-order valence-corrected chi connectivity index (χ2v) is 5.84. The number of hydrogen-bond donors (Lipinski definition) is 5. The average molecular weight is 350 g/mol. The van der Waals surface area contributed by atoms with Gasteiger partial charge in [0.25, 0.3) is 5.91 Å². The molecule has 1 rings (SSSR count). The Bertz CT molecular complexity index is 642. The van der Waals surface area contributed by atoms with Gasteiger partial charge < -0.3 is 26.8 Å². The zero-order valence-electron chi connectivity index (χ0n) is 14.0. The Morgan fingerprint density at radius 1 is 1.12 bits per heavy atom. The molecular formula is C16H22N4O5. The summed E-state index contributed by atoms with van der Waals surface area (Å²) < 4.78 is 0. The number of primary amides is 1. The van der Waals surface area contributed by atoms with E-state index < -0.39 is 29.9 Å². The average Bonchev–Trinajstić information content (AvgIpc) is 2.51. The maximum Gasteiger partial charge on any atom is 0.326 e. The summed E-state index contributed by atoms with van der Waals surface area (Å²) in [6.07, 6.45) is 0.295. The number of carboxylic acid groups (broad SMARTS) is 1. The molecule has 6 N–H and O–H groups in total. The third-order valence-corrected chi connectivity index (χ3v) is 3.16. The predicted molar refractivity (Wildman–Crippen MR) is 91.0 cm³/mol. The molecule has 9 nitrogen and oxygen atoms in total. The van der Waals surface area contributed by atoms with Crippen LogP contribution in [0.25, 0.3) is 0 Å². The lowest BCUT2D eigenvalue weighted by Crippen LogP contribution is -2.46. The molecule has 4 amide bonds. The van der Waals surface area contributed by atoms with Gasteiger partial charge in [-0.05, 0) is 36.6 Å². The minimum atomic E-state index is -1.12. The van der Waals surface area contributed by atoms with E-state index in [1.165, 1.54) is 24.3 Å². The lowest BCUT2D eigenvalue weighted by Gasteiger charge is -2.16.